The van der Waals surface area contributed by atoms with Gasteiger partial charge in [0.1, 0.15) is 5.52 Å². The lowest BCUT2D eigenvalue weighted by Gasteiger charge is -2.35. The first-order valence-corrected chi connectivity index (χ1v) is 10.3. The van der Waals surface area contributed by atoms with E-state index in [1.54, 1.807) is 0 Å². The van der Waals surface area contributed by atoms with Crippen molar-refractivity contribution < 1.29 is 9.21 Å². The molecule has 0 unspecified atom stereocenters. The number of carbonyl (C=O) groups excluding carboxylic acids is 1. The average Bonchev–Trinajstić information content (AvgIpc) is 3.05. The number of amides is 1. The van der Waals surface area contributed by atoms with E-state index in [1.807, 2.05) is 24.3 Å². The predicted molar refractivity (Wildman–Crippen MR) is 108 cm³/mol. The van der Waals surface area contributed by atoms with E-state index in [2.05, 4.69) is 35.0 Å². The van der Waals surface area contributed by atoms with Crippen LogP contribution in [-0.2, 0) is 4.79 Å². The largest absolute Gasteiger partial charge is 0.431 e. The van der Waals surface area contributed by atoms with E-state index >= 15 is 0 Å². The van der Waals surface area contributed by atoms with Crippen LogP contribution in [0, 0.1) is 11.8 Å². The molecule has 3 rings (SSSR count). The molecule has 1 aliphatic carbocycles. The molecule has 1 aliphatic rings. The van der Waals surface area contributed by atoms with Crippen molar-refractivity contribution in [3.05, 3.63) is 24.3 Å². The molecule has 1 amide bonds. The summed E-state index contributed by atoms with van der Waals surface area (Å²) in [5, 5.41) is 4.25. The fourth-order valence-electron chi connectivity index (χ4n) is 3.19. The Kier molecular flexibility index (Phi) is 6.37. The van der Waals surface area contributed by atoms with Crippen LogP contribution in [0.3, 0.4) is 0 Å². The second-order valence-corrected chi connectivity index (χ2v) is 8.09. The lowest BCUT2D eigenvalue weighted by molar-refractivity contribution is -0.119. The minimum absolute atomic E-state index is 0.188. The van der Waals surface area contributed by atoms with Gasteiger partial charge in [0.2, 0.25) is 5.91 Å². The van der Waals surface area contributed by atoms with Crippen molar-refractivity contribution in [3.8, 4) is 0 Å². The van der Waals surface area contributed by atoms with Gasteiger partial charge in [0.05, 0.1) is 5.75 Å². The predicted octanol–water partition coefficient (Wildman–Crippen LogP) is 3.24. The molecule has 140 valence electrons. The van der Waals surface area contributed by atoms with Gasteiger partial charge in [-0.15, -0.1) is 0 Å². The Morgan fingerprint density at radius 1 is 1.31 bits per heavy atom. The maximum absolute atomic E-state index is 12.0. The highest BCUT2D eigenvalue weighted by molar-refractivity contribution is 7.99. The van der Waals surface area contributed by atoms with Crippen molar-refractivity contribution in [2.45, 2.75) is 44.4 Å². The van der Waals surface area contributed by atoms with Crippen LogP contribution in [0.1, 0.15) is 33.1 Å². The van der Waals surface area contributed by atoms with Crippen LogP contribution in [0.2, 0.25) is 0 Å². The Labute approximate surface area is 162 Å². The third-order valence-corrected chi connectivity index (χ3v) is 5.99. The van der Waals surface area contributed by atoms with Gasteiger partial charge in [-0.05, 0) is 42.6 Å². The molecule has 0 bridgehead atoms. The molecule has 0 aliphatic heterocycles. The van der Waals surface area contributed by atoms with Gasteiger partial charge in [-0.3, -0.25) is 15.6 Å². The highest BCUT2D eigenvalue weighted by Gasteiger charge is 2.27. The van der Waals surface area contributed by atoms with Gasteiger partial charge < -0.3 is 9.73 Å². The quantitative estimate of drug-likeness (QED) is 0.419. The molecule has 26 heavy (non-hydrogen) atoms. The van der Waals surface area contributed by atoms with E-state index in [0.717, 1.165) is 17.5 Å². The van der Waals surface area contributed by atoms with Crippen LogP contribution in [0.25, 0.3) is 11.1 Å². The zero-order chi connectivity index (χ0) is 18.5. The van der Waals surface area contributed by atoms with Crippen molar-refractivity contribution in [3.63, 3.8) is 0 Å². The lowest BCUT2D eigenvalue weighted by Crippen LogP contribution is -2.52. The molecule has 3 atom stereocenters. The Morgan fingerprint density at radius 3 is 2.92 bits per heavy atom. The number of hydrazine groups is 1. The van der Waals surface area contributed by atoms with E-state index < -0.39 is 0 Å². The van der Waals surface area contributed by atoms with E-state index in [9.17, 15) is 4.79 Å². The highest BCUT2D eigenvalue weighted by Crippen LogP contribution is 2.29. The fourth-order valence-corrected chi connectivity index (χ4v) is 4.03. The number of para-hydroxylation sites is 2. The summed E-state index contributed by atoms with van der Waals surface area (Å²) in [6.07, 6.45) is 3.58. The number of benzene rings is 1. The summed E-state index contributed by atoms with van der Waals surface area (Å²) < 4.78 is 5.58. The summed E-state index contributed by atoms with van der Waals surface area (Å²) in [4.78, 5) is 16.3. The van der Waals surface area contributed by atoms with Gasteiger partial charge in [0, 0.05) is 6.04 Å². The molecule has 0 spiro atoms. The van der Waals surface area contributed by atoms with Crippen molar-refractivity contribution in [1.82, 2.24) is 21.2 Å². The SMILES string of the molecule is C[C@@H]1[C@@H](C)CCC[C@H]1NC(=S)NNC(=O)CSc1nc2ccccc2o1. The fraction of sp³-hybridized carbons (Fsp3) is 0.500. The molecule has 0 radical (unpaired) electrons. The molecule has 3 N–H and O–H groups in total. The van der Waals surface area contributed by atoms with Crippen LogP contribution in [0.5, 0.6) is 0 Å². The zero-order valence-corrected chi connectivity index (χ0v) is 16.6. The van der Waals surface area contributed by atoms with Crippen molar-refractivity contribution in [2.24, 2.45) is 11.8 Å². The third kappa shape index (κ3) is 4.88. The van der Waals surface area contributed by atoms with Gasteiger partial charge in [0.15, 0.2) is 10.7 Å². The molecule has 1 heterocycles. The number of thiocarbonyl (C=S) groups is 1. The van der Waals surface area contributed by atoms with E-state index in [4.69, 9.17) is 16.6 Å². The molecular weight excluding hydrogens is 368 g/mol. The van der Waals surface area contributed by atoms with Crippen molar-refractivity contribution in [1.29, 1.82) is 0 Å². The van der Waals surface area contributed by atoms with Crippen molar-refractivity contribution in [2.75, 3.05) is 5.75 Å². The van der Waals surface area contributed by atoms with Crippen LogP contribution in [0.4, 0.5) is 0 Å². The van der Waals surface area contributed by atoms with Gasteiger partial charge in [0.25, 0.3) is 5.22 Å². The number of rotatable bonds is 4. The number of nitrogens with zero attached hydrogens (tertiary/aromatic N) is 1. The number of carbonyl (C=O) groups is 1. The molecule has 1 saturated carbocycles. The van der Waals surface area contributed by atoms with E-state index in [1.165, 1.54) is 24.6 Å². The van der Waals surface area contributed by atoms with Crippen LogP contribution >= 0.6 is 24.0 Å². The first-order valence-electron chi connectivity index (χ1n) is 8.86. The van der Waals surface area contributed by atoms with Crippen molar-refractivity contribution >= 4 is 46.1 Å². The average molecular weight is 393 g/mol. The molecule has 0 saturated heterocycles. The second-order valence-electron chi connectivity index (χ2n) is 6.76. The summed E-state index contributed by atoms with van der Waals surface area (Å²) >= 11 is 6.54. The van der Waals surface area contributed by atoms with Gasteiger partial charge in [-0.25, -0.2) is 4.98 Å². The zero-order valence-electron chi connectivity index (χ0n) is 15.0. The van der Waals surface area contributed by atoms with Crippen LogP contribution in [-0.4, -0.2) is 27.8 Å². The molecule has 1 aromatic heterocycles. The van der Waals surface area contributed by atoms with Gasteiger partial charge >= 0.3 is 0 Å². The van der Waals surface area contributed by atoms with Crippen LogP contribution in [0.15, 0.2) is 33.9 Å². The third-order valence-electron chi connectivity index (χ3n) is 4.94. The molecule has 1 fully saturated rings. The number of hydrogen-bond donors (Lipinski definition) is 3. The summed E-state index contributed by atoms with van der Waals surface area (Å²) in [7, 11) is 0. The lowest BCUT2D eigenvalue weighted by atomic mass is 9.78. The Hall–Kier alpha value is -1.80. The number of hydrogen-bond acceptors (Lipinski definition) is 5. The van der Waals surface area contributed by atoms with E-state index in [0.29, 0.717) is 28.2 Å². The minimum atomic E-state index is -0.188. The first-order chi connectivity index (χ1) is 12.5. The summed E-state index contributed by atoms with van der Waals surface area (Å²) in [5.74, 6) is 1.26. The monoisotopic (exact) mass is 392 g/mol. The second kappa shape index (κ2) is 8.73. The molecule has 1 aromatic carbocycles. The number of oxazole rings is 1. The highest BCUT2D eigenvalue weighted by atomic mass is 32.2. The summed E-state index contributed by atoms with van der Waals surface area (Å²) in [6, 6.07) is 7.87. The molecule has 6 nitrogen and oxygen atoms in total. The smallest absolute Gasteiger partial charge is 0.257 e. The van der Waals surface area contributed by atoms with Gasteiger partial charge in [-0.1, -0.05) is 50.6 Å². The Morgan fingerprint density at radius 2 is 2.12 bits per heavy atom. The first kappa shape index (κ1) is 19.0. The molecular formula is C18H24N4O2S2. The maximum atomic E-state index is 12.0. The molecule has 8 heteroatoms. The number of thioether (sulfide) groups is 1. The van der Waals surface area contributed by atoms with E-state index in [-0.39, 0.29) is 11.7 Å². The Bertz CT molecular complexity index is 746. The number of aromatic nitrogens is 1. The number of nitrogens with one attached hydrogen (secondary N) is 3. The van der Waals surface area contributed by atoms with Crippen LogP contribution < -0.4 is 16.2 Å². The maximum Gasteiger partial charge on any atom is 0.257 e. The summed E-state index contributed by atoms with van der Waals surface area (Å²) in [6.45, 7) is 4.53. The molecule has 2 aromatic rings. The topological polar surface area (TPSA) is 79.2 Å². The Balaban J connectivity index is 1.40. The van der Waals surface area contributed by atoms with Gasteiger partial charge in [-0.2, -0.15) is 0 Å². The summed E-state index contributed by atoms with van der Waals surface area (Å²) in [5.41, 5.74) is 6.91. The number of fused-ring (bicyclic) bond motifs is 1. The minimum Gasteiger partial charge on any atom is -0.431 e. The normalized spacial score (nSPS) is 22.8. The standard InChI is InChI=1S/C18H24N4O2S2/c1-11-6-5-8-13(12(11)2)19-17(25)22-21-16(23)10-26-18-20-14-7-3-4-9-15(14)24-18/h3-4,7,9,11-13H,5-6,8,10H2,1-2H3,(H,21,23)(H2,19,22,25)/t11-,12+,13+/m0/s1.